The zero-order valence-corrected chi connectivity index (χ0v) is 15.7. The highest BCUT2D eigenvalue weighted by atomic mass is 16.5. The van der Waals surface area contributed by atoms with Crippen LogP contribution in [0.5, 0.6) is 17.2 Å². The maximum absolute atomic E-state index is 12.3. The van der Waals surface area contributed by atoms with Gasteiger partial charge in [0.05, 0.1) is 21.3 Å². The summed E-state index contributed by atoms with van der Waals surface area (Å²) in [5.41, 5.74) is 1.15. The molecule has 0 saturated carbocycles. The molecule has 0 N–H and O–H groups in total. The molecule has 0 amide bonds. The van der Waals surface area contributed by atoms with E-state index in [1.807, 2.05) is 0 Å². The van der Waals surface area contributed by atoms with Crippen molar-refractivity contribution in [3.05, 3.63) is 59.7 Å². The van der Waals surface area contributed by atoms with Gasteiger partial charge in [0, 0.05) is 17.7 Å². The second kappa shape index (κ2) is 9.43. The van der Waals surface area contributed by atoms with Gasteiger partial charge in [-0.3, -0.25) is 4.79 Å². The lowest BCUT2D eigenvalue weighted by molar-refractivity contribution is -0.140. The summed E-state index contributed by atoms with van der Waals surface area (Å²) in [5, 5.41) is 0. The lowest BCUT2D eigenvalue weighted by atomic mass is 10.1. The van der Waals surface area contributed by atoms with Gasteiger partial charge in [-0.15, -0.1) is 0 Å². The van der Waals surface area contributed by atoms with Crippen LogP contribution in [0.1, 0.15) is 22.8 Å². The van der Waals surface area contributed by atoms with Crippen molar-refractivity contribution in [3.63, 3.8) is 0 Å². The van der Waals surface area contributed by atoms with E-state index in [1.165, 1.54) is 13.0 Å². The van der Waals surface area contributed by atoms with Gasteiger partial charge >= 0.3 is 5.97 Å². The van der Waals surface area contributed by atoms with Crippen molar-refractivity contribution in [2.24, 2.45) is 0 Å². The average Bonchev–Trinajstić information content (AvgIpc) is 2.71. The fourth-order valence-electron chi connectivity index (χ4n) is 2.35. The average molecular weight is 370 g/mol. The van der Waals surface area contributed by atoms with Crippen LogP contribution in [0.15, 0.2) is 48.5 Å². The molecule has 0 fully saturated rings. The Kier molecular flexibility index (Phi) is 7.00. The van der Waals surface area contributed by atoms with Gasteiger partial charge in [0.25, 0.3) is 0 Å². The Bertz CT molecular complexity index is 801. The van der Waals surface area contributed by atoms with Crippen LogP contribution in [-0.4, -0.2) is 39.2 Å². The number of ether oxygens (including phenoxy) is 4. The minimum atomic E-state index is -0.907. The molecule has 0 spiro atoms. The number of methoxy groups -OCH3 is 3. The molecular formula is C21H22O6. The van der Waals surface area contributed by atoms with Crippen molar-refractivity contribution in [1.29, 1.82) is 0 Å². The van der Waals surface area contributed by atoms with E-state index in [0.29, 0.717) is 28.4 Å². The van der Waals surface area contributed by atoms with Crippen molar-refractivity contribution in [2.45, 2.75) is 13.0 Å². The van der Waals surface area contributed by atoms with Gasteiger partial charge in [0.15, 0.2) is 6.10 Å². The zero-order chi connectivity index (χ0) is 19.8. The van der Waals surface area contributed by atoms with Crippen LogP contribution in [0.25, 0.3) is 6.08 Å². The Morgan fingerprint density at radius 1 is 0.852 bits per heavy atom. The molecule has 0 bridgehead atoms. The number of carbonyl (C=O) groups is 2. The van der Waals surface area contributed by atoms with Crippen LogP contribution in [0.2, 0.25) is 0 Å². The molecule has 0 aliphatic carbocycles. The molecule has 0 unspecified atom stereocenters. The number of esters is 1. The van der Waals surface area contributed by atoms with Gasteiger partial charge in [0.2, 0.25) is 5.78 Å². The number of carbonyl (C=O) groups excluding carboxylic acids is 2. The second-order valence-corrected chi connectivity index (χ2v) is 5.65. The van der Waals surface area contributed by atoms with Crippen LogP contribution in [0, 0.1) is 0 Å². The normalized spacial score (nSPS) is 11.7. The minimum Gasteiger partial charge on any atom is -0.497 e. The fourth-order valence-corrected chi connectivity index (χ4v) is 2.35. The van der Waals surface area contributed by atoms with Gasteiger partial charge in [-0.05, 0) is 55.0 Å². The Labute approximate surface area is 158 Å². The van der Waals surface area contributed by atoms with E-state index in [0.717, 1.165) is 0 Å². The molecule has 0 radical (unpaired) electrons. The zero-order valence-electron chi connectivity index (χ0n) is 15.7. The summed E-state index contributed by atoms with van der Waals surface area (Å²) in [6.07, 6.45) is 1.92. The van der Waals surface area contributed by atoms with Crippen molar-refractivity contribution in [1.82, 2.24) is 0 Å². The predicted octanol–water partition coefficient (Wildman–Crippen LogP) is 3.54. The fraction of sp³-hybridized carbons (Fsp3) is 0.238. The Hall–Kier alpha value is -3.28. The molecule has 142 valence electrons. The summed E-state index contributed by atoms with van der Waals surface area (Å²) < 4.78 is 20.6. The first-order valence-corrected chi connectivity index (χ1v) is 8.27. The molecule has 0 saturated heterocycles. The Morgan fingerprint density at radius 2 is 1.41 bits per heavy atom. The first-order valence-electron chi connectivity index (χ1n) is 8.27. The quantitative estimate of drug-likeness (QED) is 0.402. The van der Waals surface area contributed by atoms with E-state index in [2.05, 4.69) is 0 Å². The molecule has 6 nitrogen and oxygen atoms in total. The monoisotopic (exact) mass is 370 g/mol. The maximum Gasteiger partial charge on any atom is 0.331 e. The number of hydrogen-bond donors (Lipinski definition) is 0. The Balaban J connectivity index is 2.01. The summed E-state index contributed by atoms with van der Waals surface area (Å²) in [4.78, 5) is 24.4. The molecule has 2 aromatic rings. The lowest BCUT2D eigenvalue weighted by Gasteiger charge is -2.11. The number of benzene rings is 2. The molecule has 0 aromatic heterocycles. The highest BCUT2D eigenvalue weighted by Crippen LogP contribution is 2.23. The highest BCUT2D eigenvalue weighted by molar-refractivity contribution is 6.01. The molecule has 0 aliphatic heterocycles. The topological polar surface area (TPSA) is 71.1 Å². The van der Waals surface area contributed by atoms with Gasteiger partial charge in [0.1, 0.15) is 17.2 Å². The molecule has 0 heterocycles. The third-order valence-electron chi connectivity index (χ3n) is 3.82. The van der Waals surface area contributed by atoms with E-state index in [-0.39, 0.29) is 5.78 Å². The summed E-state index contributed by atoms with van der Waals surface area (Å²) in [7, 11) is 4.64. The van der Waals surface area contributed by atoms with Crippen LogP contribution < -0.4 is 14.2 Å². The lowest BCUT2D eigenvalue weighted by Crippen LogP contribution is -2.23. The van der Waals surface area contributed by atoms with E-state index >= 15 is 0 Å². The number of hydrogen-bond acceptors (Lipinski definition) is 6. The summed E-state index contributed by atoms with van der Waals surface area (Å²) in [5.74, 6) is 0.942. The van der Waals surface area contributed by atoms with Crippen LogP contribution in [0.3, 0.4) is 0 Å². The first-order chi connectivity index (χ1) is 13.0. The third kappa shape index (κ3) is 5.60. The number of Topliss-reactive ketones (excluding diaryl/α,β-unsaturated/α-hetero) is 1. The highest BCUT2D eigenvalue weighted by Gasteiger charge is 2.18. The van der Waals surface area contributed by atoms with Crippen LogP contribution in [-0.2, 0) is 9.53 Å². The standard InChI is InChI=1S/C21H22O6/c1-14(21(23)16-6-8-17(24-2)9-7-16)27-20(22)10-5-15-11-18(25-3)13-19(12-15)26-4/h5-14H,1-4H3/b10-5+/t14-/m0/s1. The largest absolute Gasteiger partial charge is 0.497 e. The maximum atomic E-state index is 12.3. The Morgan fingerprint density at radius 3 is 1.93 bits per heavy atom. The molecule has 6 heteroatoms. The number of ketones is 1. The van der Waals surface area contributed by atoms with Gasteiger partial charge in [-0.25, -0.2) is 4.79 Å². The smallest absolute Gasteiger partial charge is 0.331 e. The molecule has 1 atom stereocenters. The van der Waals surface area contributed by atoms with Crippen LogP contribution in [0.4, 0.5) is 0 Å². The SMILES string of the molecule is COc1ccc(C(=O)[C@H](C)OC(=O)/C=C/c2cc(OC)cc(OC)c2)cc1. The molecule has 0 aliphatic rings. The van der Waals surface area contributed by atoms with Crippen molar-refractivity contribution < 1.29 is 28.5 Å². The minimum absolute atomic E-state index is 0.289. The summed E-state index contributed by atoms with van der Waals surface area (Å²) in [6.45, 7) is 1.53. The van der Waals surface area contributed by atoms with Crippen molar-refractivity contribution >= 4 is 17.8 Å². The van der Waals surface area contributed by atoms with E-state index < -0.39 is 12.1 Å². The van der Waals surface area contributed by atoms with E-state index in [9.17, 15) is 9.59 Å². The van der Waals surface area contributed by atoms with Crippen molar-refractivity contribution in [2.75, 3.05) is 21.3 Å². The summed E-state index contributed by atoms with van der Waals surface area (Å²) >= 11 is 0. The van der Waals surface area contributed by atoms with Gasteiger partial charge in [-0.2, -0.15) is 0 Å². The molecule has 27 heavy (non-hydrogen) atoms. The molecule has 2 aromatic carbocycles. The number of rotatable bonds is 8. The molecular weight excluding hydrogens is 348 g/mol. The summed E-state index contributed by atoms with van der Waals surface area (Å²) in [6, 6.07) is 11.8. The molecule has 2 rings (SSSR count). The van der Waals surface area contributed by atoms with E-state index in [1.54, 1.807) is 69.9 Å². The van der Waals surface area contributed by atoms with Gasteiger partial charge in [-0.1, -0.05) is 0 Å². The third-order valence-corrected chi connectivity index (χ3v) is 3.82. The van der Waals surface area contributed by atoms with Gasteiger partial charge < -0.3 is 18.9 Å². The van der Waals surface area contributed by atoms with Crippen molar-refractivity contribution in [3.8, 4) is 17.2 Å². The second-order valence-electron chi connectivity index (χ2n) is 5.65. The first kappa shape index (κ1) is 20.0. The predicted molar refractivity (Wildman–Crippen MR) is 101 cm³/mol. The van der Waals surface area contributed by atoms with Crippen LogP contribution >= 0.6 is 0 Å². The van der Waals surface area contributed by atoms with E-state index in [4.69, 9.17) is 18.9 Å².